The highest BCUT2D eigenvalue weighted by Crippen LogP contribution is 2.61. The number of benzene rings is 1. The standard InChI is InChI=1S/C24H29ClN4O2/c1-15-21(22(25)29(28-15)14-16-5-3-2-4-6-16)23(31)27-26-20(30)13-24-10-17-7-18(11-24)9-19(8-17)12-24/h2-6,17-19H,7-14H2,1H3,(H,26,30)(H,27,31). The molecule has 1 heterocycles. The van der Waals surface area contributed by atoms with E-state index in [0.29, 0.717) is 24.2 Å². The number of halogens is 1. The molecule has 4 aliphatic carbocycles. The van der Waals surface area contributed by atoms with E-state index in [1.54, 1.807) is 11.6 Å². The Balaban J connectivity index is 1.20. The SMILES string of the molecule is Cc1nn(Cc2ccccc2)c(Cl)c1C(=O)NNC(=O)CC12CC3CC(CC(C3)C1)C2. The minimum absolute atomic E-state index is 0.110. The van der Waals surface area contributed by atoms with Crippen LogP contribution in [0.2, 0.25) is 5.15 Å². The van der Waals surface area contributed by atoms with Crippen molar-refractivity contribution < 1.29 is 9.59 Å². The van der Waals surface area contributed by atoms with E-state index < -0.39 is 5.91 Å². The Morgan fingerprint density at radius 2 is 1.68 bits per heavy atom. The summed E-state index contributed by atoms with van der Waals surface area (Å²) in [5.74, 6) is 1.85. The summed E-state index contributed by atoms with van der Waals surface area (Å²) in [6, 6.07) is 9.82. The molecule has 6 nitrogen and oxygen atoms in total. The lowest BCUT2D eigenvalue weighted by Crippen LogP contribution is -2.50. The Morgan fingerprint density at radius 1 is 1.06 bits per heavy atom. The summed E-state index contributed by atoms with van der Waals surface area (Å²) >= 11 is 6.46. The number of aromatic nitrogens is 2. The minimum Gasteiger partial charge on any atom is -0.273 e. The van der Waals surface area contributed by atoms with E-state index in [1.807, 2.05) is 30.3 Å². The van der Waals surface area contributed by atoms with E-state index in [-0.39, 0.29) is 16.5 Å². The number of hydrazine groups is 1. The molecule has 2 N–H and O–H groups in total. The predicted molar refractivity (Wildman–Crippen MR) is 118 cm³/mol. The molecule has 0 saturated heterocycles. The fourth-order valence-electron chi connectivity index (χ4n) is 6.75. The molecule has 0 spiro atoms. The second kappa shape index (κ2) is 7.97. The summed E-state index contributed by atoms with van der Waals surface area (Å²) in [6.45, 7) is 2.23. The highest BCUT2D eigenvalue weighted by molar-refractivity contribution is 6.33. The van der Waals surface area contributed by atoms with Crippen molar-refractivity contribution in [1.29, 1.82) is 0 Å². The monoisotopic (exact) mass is 440 g/mol. The average Bonchev–Trinajstić information content (AvgIpc) is 2.98. The maximum Gasteiger partial charge on any atom is 0.274 e. The van der Waals surface area contributed by atoms with Crippen molar-refractivity contribution in [3.05, 3.63) is 52.3 Å². The number of carbonyl (C=O) groups excluding carboxylic acids is 2. The van der Waals surface area contributed by atoms with Crippen molar-refractivity contribution in [2.45, 2.75) is 58.4 Å². The van der Waals surface area contributed by atoms with Crippen molar-refractivity contribution in [3.63, 3.8) is 0 Å². The van der Waals surface area contributed by atoms with Crippen LogP contribution in [0.1, 0.15) is 66.6 Å². The molecule has 4 saturated carbocycles. The fourth-order valence-corrected chi connectivity index (χ4v) is 7.07. The zero-order chi connectivity index (χ0) is 21.6. The Hall–Kier alpha value is -2.34. The van der Waals surface area contributed by atoms with Crippen molar-refractivity contribution in [2.24, 2.45) is 23.2 Å². The second-order valence-electron chi connectivity index (χ2n) is 9.99. The van der Waals surface area contributed by atoms with Crippen LogP contribution in [0.5, 0.6) is 0 Å². The topological polar surface area (TPSA) is 76.0 Å². The molecule has 1 aromatic carbocycles. The molecule has 164 valence electrons. The number of amides is 2. The molecule has 0 aliphatic heterocycles. The van der Waals surface area contributed by atoms with Gasteiger partial charge in [-0.1, -0.05) is 41.9 Å². The van der Waals surface area contributed by atoms with Crippen molar-refractivity contribution in [3.8, 4) is 0 Å². The normalized spacial score (nSPS) is 28.5. The summed E-state index contributed by atoms with van der Waals surface area (Å²) in [7, 11) is 0. The fraction of sp³-hybridized carbons (Fsp3) is 0.542. The first-order chi connectivity index (χ1) is 14.9. The zero-order valence-corrected chi connectivity index (χ0v) is 18.6. The molecular weight excluding hydrogens is 412 g/mol. The number of carbonyl (C=O) groups is 2. The lowest BCUT2D eigenvalue weighted by molar-refractivity contribution is -0.130. The number of hydrogen-bond acceptors (Lipinski definition) is 3. The van der Waals surface area contributed by atoms with Gasteiger partial charge in [0, 0.05) is 6.42 Å². The first-order valence-corrected chi connectivity index (χ1v) is 11.6. The van der Waals surface area contributed by atoms with Gasteiger partial charge in [-0.2, -0.15) is 5.10 Å². The van der Waals surface area contributed by atoms with E-state index in [4.69, 9.17) is 11.6 Å². The van der Waals surface area contributed by atoms with Gasteiger partial charge in [-0.3, -0.25) is 20.4 Å². The molecule has 6 rings (SSSR count). The average molecular weight is 441 g/mol. The molecular formula is C24H29ClN4O2. The largest absolute Gasteiger partial charge is 0.274 e. The molecule has 2 aromatic rings. The first kappa shape index (κ1) is 20.6. The molecule has 4 bridgehead atoms. The van der Waals surface area contributed by atoms with E-state index in [9.17, 15) is 9.59 Å². The lowest BCUT2D eigenvalue weighted by Gasteiger charge is -2.56. The highest BCUT2D eigenvalue weighted by Gasteiger charge is 2.51. The van der Waals surface area contributed by atoms with Crippen LogP contribution >= 0.6 is 11.6 Å². The van der Waals surface area contributed by atoms with Gasteiger partial charge < -0.3 is 0 Å². The van der Waals surface area contributed by atoms with E-state index >= 15 is 0 Å². The van der Waals surface area contributed by atoms with Gasteiger partial charge in [-0.15, -0.1) is 0 Å². The van der Waals surface area contributed by atoms with E-state index in [2.05, 4.69) is 16.0 Å². The number of rotatable bonds is 5. The summed E-state index contributed by atoms with van der Waals surface area (Å²) < 4.78 is 1.61. The van der Waals surface area contributed by atoms with Gasteiger partial charge in [0.1, 0.15) is 10.7 Å². The third-order valence-electron chi connectivity index (χ3n) is 7.48. The Bertz CT molecular complexity index is 965. The minimum atomic E-state index is -0.430. The molecule has 2 amide bonds. The molecule has 1 aromatic heterocycles. The maximum absolute atomic E-state index is 12.8. The van der Waals surface area contributed by atoms with Crippen LogP contribution in [0.15, 0.2) is 30.3 Å². The molecule has 7 heteroatoms. The molecule has 4 aliphatic rings. The van der Waals surface area contributed by atoms with E-state index in [0.717, 1.165) is 23.3 Å². The van der Waals surface area contributed by atoms with Gasteiger partial charge in [-0.05, 0) is 74.2 Å². The van der Waals surface area contributed by atoms with Crippen LogP contribution in [-0.4, -0.2) is 21.6 Å². The van der Waals surface area contributed by atoms with Gasteiger partial charge in [0.2, 0.25) is 5.91 Å². The summed E-state index contributed by atoms with van der Waals surface area (Å²) in [6.07, 6.45) is 8.04. The Kier molecular flexibility index (Phi) is 5.29. The van der Waals surface area contributed by atoms with Crippen molar-refractivity contribution in [1.82, 2.24) is 20.6 Å². The zero-order valence-electron chi connectivity index (χ0n) is 17.9. The molecule has 31 heavy (non-hydrogen) atoms. The van der Waals surface area contributed by atoms with Gasteiger partial charge in [0.05, 0.1) is 12.2 Å². The Morgan fingerprint density at radius 3 is 2.29 bits per heavy atom. The second-order valence-corrected chi connectivity index (χ2v) is 10.3. The summed E-state index contributed by atoms with van der Waals surface area (Å²) in [5.41, 5.74) is 7.21. The number of nitrogens with one attached hydrogen (secondary N) is 2. The van der Waals surface area contributed by atoms with Gasteiger partial charge in [-0.25, -0.2) is 4.68 Å². The number of aryl methyl sites for hydroxylation is 1. The van der Waals surface area contributed by atoms with Crippen LogP contribution in [0.4, 0.5) is 0 Å². The number of nitrogens with zero attached hydrogens (tertiary/aromatic N) is 2. The maximum atomic E-state index is 12.8. The lowest BCUT2D eigenvalue weighted by atomic mass is 9.49. The predicted octanol–water partition coefficient (Wildman–Crippen LogP) is 4.26. The van der Waals surface area contributed by atoms with Crippen LogP contribution < -0.4 is 10.9 Å². The van der Waals surface area contributed by atoms with Gasteiger partial charge in [0.15, 0.2) is 0 Å². The van der Waals surface area contributed by atoms with Crippen LogP contribution in [0.3, 0.4) is 0 Å². The summed E-state index contributed by atoms with van der Waals surface area (Å²) in [4.78, 5) is 25.5. The van der Waals surface area contributed by atoms with E-state index in [1.165, 1.54) is 38.5 Å². The molecule has 4 fully saturated rings. The van der Waals surface area contributed by atoms with Crippen molar-refractivity contribution in [2.75, 3.05) is 0 Å². The smallest absolute Gasteiger partial charge is 0.273 e. The van der Waals surface area contributed by atoms with Gasteiger partial charge >= 0.3 is 0 Å². The van der Waals surface area contributed by atoms with Crippen LogP contribution in [0, 0.1) is 30.1 Å². The summed E-state index contributed by atoms with van der Waals surface area (Å²) in [5, 5.41) is 4.68. The van der Waals surface area contributed by atoms with Gasteiger partial charge in [0.25, 0.3) is 5.91 Å². The van der Waals surface area contributed by atoms with Crippen LogP contribution in [-0.2, 0) is 11.3 Å². The highest BCUT2D eigenvalue weighted by atomic mass is 35.5. The van der Waals surface area contributed by atoms with Crippen LogP contribution in [0.25, 0.3) is 0 Å². The third kappa shape index (κ3) is 4.10. The molecule has 0 atom stereocenters. The number of hydrogen-bond donors (Lipinski definition) is 2. The Labute approximate surface area is 187 Å². The third-order valence-corrected chi connectivity index (χ3v) is 7.87. The van der Waals surface area contributed by atoms with Crippen molar-refractivity contribution >= 4 is 23.4 Å². The quantitative estimate of drug-likeness (QED) is 0.682. The molecule has 0 radical (unpaired) electrons. The molecule has 0 unspecified atom stereocenters. The first-order valence-electron chi connectivity index (χ1n) is 11.3.